The second kappa shape index (κ2) is 8.62. The molecule has 0 aliphatic carbocycles. The molecular weight excluding hydrogens is 398 g/mol. The number of aromatic nitrogens is 2. The highest BCUT2D eigenvalue weighted by atomic mass is 32.2. The van der Waals surface area contributed by atoms with Crippen LogP contribution in [0.5, 0.6) is 0 Å². The minimum Gasteiger partial charge on any atom is -0.394 e. The number of aliphatic hydroxyl groups is 4. The van der Waals surface area contributed by atoms with Gasteiger partial charge in [-0.15, -0.1) is 0 Å². The minimum absolute atomic E-state index is 0.147. The van der Waals surface area contributed by atoms with Crippen molar-refractivity contribution in [1.82, 2.24) is 9.55 Å². The van der Waals surface area contributed by atoms with E-state index in [1.807, 2.05) is 13.0 Å². The summed E-state index contributed by atoms with van der Waals surface area (Å²) in [5, 5.41) is 50.2. The number of hydrogen-bond acceptors (Lipinski definition) is 9. The number of nitrogens with zero attached hydrogens (tertiary/aromatic N) is 3. The Hall–Kier alpha value is -2.26. The lowest BCUT2D eigenvalue weighted by Gasteiger charge is -2.42. The summed E-state index contributed by atoms with van der Waals surface area (Å²) in [5.74, 6) is 0. The van der Waals surface area contributed by atoms with Crippen LogP contribution < -0.4 is 5.56 Å². The zero-order chi connectivity index (χ0) is 21.3. The maximum Gasteiger partial charge on any atom is 0.292 e. The van der Waals surface area contributed by atoms with Gasteiger partial charge in [0, 0.05) is 0 Å². The van der Waals surface area contributed by atoms with Crippen LogP contribution in [-0.4, -0.2) is 67.3 Å². The van der Waals surface area contributed by atoms with Crippen molar-refractivity contribution < 1.29 is 25.2 Å². The molecule has 154 valence electrons. The predicted octanol–water partition coefficient (Wildman–Crippen LogP) is -0.215. The fraction of sp³-hybridized carbons (Fsp3) is 0.421. The number of hydrogen-bond donors (Lipinski definition) is 4. The summed E-state index contributed by atoms with van der Waals surface area (Å²) in [5.41, 5.74) is 0.671. The SMILES string of the molecule is CSc1nc(=O)c(C#N)c(-c2ccc(C)cc2)n1[C@@H]1O[C@H](CO)[C@H](O)[C@H](O)[C@H]1O. The Labute approximate surface area is 170 Å². The van der Waals surface area contributed by atoms with Crippen molar-refractivity contribution in [1.29, 1.82) is 5.26 Å². The summed E-state index contributed by atoms with van der Waals surface area (Å²) in [7, 11) is 0. The van der Waals surface area contributed by atoms with Gasteiger partial charge >= 0.3 is 0 Å². The topological polar surface area (TPSA) is 149 Å². The molecule has 3 rings (SSSR count). The molecule has 29 heavy (non-hydrogen) atoms. The molecule has 1 aliphatic rings. The average molecular weight is 419 g/mol. The van der Waals surface area contributed by atoms with Crippen LogP contribution in [0, 0.1) is 18.3 Å². The molecule has 9 nitrogen and oxygen atoms in total. The van der Waals surface area contributed by atoms with Crippen molar-refractivity contribution in [3.63, 3.8) is 0 Å². The first-order valence-electron chi connectivity index (χ1n) is 8.82. The van der Waals surface area contributed by atoms with Gasteiger partial charge in [-0.3, -0.25) is 9.36 Å². The molecule has 0 bridgehead atoms. The highest BCUT2D eigenvalue weighted by Gasteiger charge is 2.45. The number of ether oxygens (including phenoxy) is 1. The van der Waals surface area contributed by atoms with Crippen molar-refractivity contribution in [3.8, 4) is 17.3 Å². The first kappa shape index (κ1) is 21.4. The molecule has 1 saturated heterocycles. The van der Waals surface area contributed by atoms with E-state index in [4.69, 9.17) is 4.74 Å². The number of aryl methyl sites for hydroxylation is 1. The maximum atomic E-state index is 12.5. The standard InChI is InChI=1S/C19H21N3O6S/c1-9-3-5-10(6-4-9)13-11(7-20)17(27)21-19(29-2)22(13)18-16(26)15(25)14(24)12(8-23)28-18/h3-6,12,14-16,18,23-26H,8H2,1-2H3/t12-,14+,15+,16-,18-/m1/s1. The lowest BCUT2D eigenvalue weighted by Crippen LogP contribution is -2.57. The zero-order valence-corrected chi connectivity index (χ0v) is 16.6. The van der Waals surface area contributed by atoms with Crippen molar-refractivity contribution >= 4 is 11.8 Å². The van der Waals surface area contributed by atoms with Crippen LogP contribution in [0.4, 0.5) is 0 Å². The van der Waals surface area contributed by atoms with E-state index < -0.39 is 42.8 Å². The number of aliphatic hydroxyl groups excluding tert-OH is 4. The van der Waals surface area contributed by atoms with Crippen molar-refractivity contribution in [3.05, 3.63) is 45.7 Å². The lowest BCUT2D eigenvalue weighted by atomic mass is 9.97. The van der Waals surface area contributed by atoms with E-state index in [1.54, 1.807) is 30.5 Å². The molecule has 0 radical (unpaired) electrons. The first-order valence-corrected chi connectivity index (χ1v) is 10.0. The van der Waals surface area contributed by atoms with Crippen LogP contribution in [0.25, 0.3) is 11.3 Å². The van der Waals surface area contributed by atoms with Crippen molar-refractivity contribution in [2.45, 2.75) is 42.7 Å². The normalized spacial score (nSPS) is 26.9. The Morgan fingerprint density at radius 1 is 1.21 bits per heavy atom. The summed E-state index contributed by atoms with van der Waals surface area (Å²) in [6, 6.07) is 8.91. The fourth-order valence-corrected chi connectivity index (χ4v) is 3.85. The molecule has 2 heterocycles. The third-order valence-electron chi connectivity index (χ3n) is 4.84. The van der Waals surface area contributed by atoms with E-state index in [2.05, 4.69) is 4.98 Å². The number of benzene rings is 1. The van der Waals surface area contributed by atoms with Gasteiger partial charge in [-0.1, -0.05) is 41.6 Å². The molecule has 1 aliphatic heterocycles. The first-order chi connectivity index (χ1) is 13.8. The van der Waals surface area contributed by atoms with Crippen LogP contribution in [0.2, 0.25) is 0 Å². The Bertz CT molecular complexity index is 985. The highest BCUT2D eigenvalue weighted by molar-refractivity contribution is 7.98. The lowest BCUT2D eigenvalue weighted by molar-refractivity contribution is -0.253. The third kappa shape index (κ3) is 3.81. The molecule has 1 aromatic carbocycles. The quantitative estimate of drug-likeness (QED) is 0.390. The molecule has 0 unspecified atom stereocenters. The molecule has 0 amide bonds. The molecule has 5 atom stereocenters. The van der Waals surface area contributed by atoms with Gasteiger partial charge in [-0.25, -0.2) is 0 Å². The average Bonchev–Trinajstić information content (AvgIpc) is 2.72. The van der Waals surface area contributed by atoms with E-state index >= 15 is 0 Å². The highest BCUT2D eigenvalue weighted by Crippen LogP contribution is 2.35. The molecule has 4 N–H and O–H groups in total. The molecule has 10 heteroatoms. The number of nitriles is 1. The van der Waals surface area contributed by atoms with Gasteiger partial charge in [0.15, 0.2) is 11.4 Å². The van der Waals surface area contributed by atoms with E-state index in [9.17, 15) is 30.5 Å². The molecular formula is C19H21N3O6S. The maximum absolute atomic E-state index is 12.5. The Kier molecular flexibility index (Phi) is 6.38. The van der Waals surface area contributed by atoms with Gasteiger partial charge in [0.25, 0.3) is 5.56 Å². The molecule has 1 fully saturated rings. The van der Waals surface area contributed by atoms with E-state index in [1.165, 1.54) is 4.57 Å². The fourth-order valence-electron chi connectivity index (χ4n) is 3.29. The smallest absolute Gasteiger partial charge is 0.292 e. The summed E-state index contributed by atoms with van der Waals surface area (Å²) >= 11 is 1.09. The second-order valence-corrected chi connectivity index (χ2v) is 7.47. The van der Waals surface area contributed by atoms with Crippen LogP contribution in [0.3, 0.4) is 0 Å². The minimum atomic E-state index is -1.61. The summed E-state index contributed by atoms with van der Waals surface area (Å²) in [4.78, 5) is 16.4. The van der Waals surface area contributed by atoms with E-state index in [-0.39, 0.29) is 16.4 Å². The van der Waals surface area contributed by atoms with Crippen LogP contribution in [0.1, 0.15) is 17.4 Å². The number of thioether (sulfide) groups is 1. The Balaban J connectivity index is 2.31. The second-order valence-electron chi connectivity index (χ2n) is 6.69. The summed E-state index contributed by atoms with van der Waals surface area (Å²) in [6.07, 6.45) is -5.54. The van der Waals surface area contributed by atoms with Gasteiger partial charge in [0.2, 0.25) is 0 Å². The molecule has 1 aromatic heterocycles. The monoisotopic (exact) mass is 419 g/mol. The van der Waals surface area contributed by atoms with Crippen molar-refractivity contribution in [2.75, 3.05) is 12.9 Å². The van der Waals surface area contributed by atoms with Gasteiger partial charge in [-0.05, 0) is 18.7 Å². The van der Waals surface area contributed by atoms with Gasteiger partial charge in [-0.2, -0.15) is 10.2 Å². The van der Waals surface area contributed by atoms with Crippen LogP contribution in [0.15, 0.2) is 34.2 Å². The van der Waals surface area contributed by atoms with Gasteiger partial charge in [0.05, 0.1) is 12.3 Å². The van der Waals surface area contributed by atoms with E-state index in [0.717, 1.165) is 17.3 Å². The Morgan fingerprint density at radius 2 is 1.86 bits per heavy atom. The van der Waals surface area contributed by atoms with Gasteiger partial charge < -0.3 is 25.2 Å². The van der Waals surface area contributed by atoms with Crippen LogP contribution >= 0.6 is 11.8 Å². The van der Waals surface area contributed by atoms with Crippen LogP contribution in [-0.2, 0) is 4.74 Å². The van der Waals surface area contributed by atoms with Crippen molar-refractivity contribution in [2.24, 2.45) is 0 Å². The molecule has 0 saturated carbocycles. The Morgan fingerprint density at radius 3 is 2.41 bits per heavy atom. The zero-order valence-electron chi connectivity index (χ0n) is 15.8. The largest absolute Gasteiger partial charge is 0.394 e. The van der Waals surface area contributed by atoms with Gasteiger partial charge in [0.1, 0.15) is 36.0 Å². The third-order valence-corrected chi connectivity index (χ3v) is 5.49. The predicted molar refractivity (Wildman–Crippen MR) is 104 cm³/mol. The number of rotatable bonds is 4. The summed E-state index contributed by atoms with van der Waals surface area (Å²) in [6.45, 7) is 1.29. The molecule has 2 aromatic rings. The van der Waals surface area contributed by atoms with E-state index in [0.29, 0.717) is 5.56 Å². The molecule has 0 spiro atoms. The summed E-state index contributed by atoms with van der Waals surface area (Å²) < 4.78 is 7.03.